The maximum Gasteiger partial charge on any atom is 0.159 e. The van der Waals surface area contributed by atoms with Crippen molar-refractivity contribution in [2.45, 2.75) is 4.90 Å². The molecule has 0 radical (unpaired) electrons. The number of fused-ring (bicyclic) bond motifs is 3. The molecule has 2 aromatic rings. The van der Waals surface area contributed by atoms with Gasteiger partial charge in [0.2, 0.25) is 0 Å². The molecule has 0 bridgehead atoms. The van der Waals surface area contributed by atoms with E-state index in [2.05, 4.69) is 29.9 Å². The van der Waals surface area contributed by atoms with Gasteiger partial charge in [-0.05, 0) is 24.4 Å². The van der Waals surface area contributed by atoms with Crippen LogP contribution in [0.1, 0.15) is 0 Å². The molecule has 0 aliphatic carbocycles. The normalized spacial score (nSPS) is 15.1. The average Bonchev–Trinajstić information content (AvgIpc) is 2.68. The average molecular weight is 258 g/mol. The molecule has 0 amide bonds. The van der Waals surface area contributed by atoms with Crippen molar-refractivity contribution in [3.63, 3.8) is 0 Å². The van der Waals surface area contributed by atoms with Crippen molar-refractivity contribution < 1.29 is 0 Å². The number of aromatic amines is 1. The van der Waals surface area contributed by atoms with E-state index in [9.17, 15) is 0 Å². The second-order valence-electron chi connectivity index (χ2n) is 2.98. The van der Waals surface area contributed by atoms with Gasteiger partial charge in [0, 0.05) is 0 Å². The minimum Gasteiger partial charge on any atom is -0.337 e. The Morgan fingerprint density at radius 2 is 2.36 bits per heavy atom. The zero-order chi connectivity index (χ0) is 9.71. The highest BCUT2D eigenvalue weighted by molar-refractivity contribution is 8.01. The number of benzene rings is 1. The van der Waals surface area contributed by atoms with E-state index >= 15 is 0 Å². The quantitative estimate of drug-likeness (QED) is 0.555. The molecule has 6 heteroatoms. The van der Waals surface area contributed by atoms with Crippen LogP contribution in [-0.4, -0.2) is 10.9 Å². The molecule has 0 fully saturated rings. The molecule has 3 rings (SSSR count). The number of hydrogen-bond acceptors (Lipinski definition) is 5. The summed E-state index contributed by atoms with van der Waals surface area (Å²) in [5.41, 5.74) is 2.32. The molecule has 72 valence electrons. The van der Waals surface area contributed by atoms with Crippen molar-refractivity contribution in [1.82, 2.24) is 4.98 Å². The summed E-state index contributed by atoms with van der Waals surface area (Å²) in [7, 11) is 0. The molecule has 0 spiro atoms. The number of thiol groups is 1. The van der Waals surface area contributed by atoms with Crippen LogP contribution < -0.4 is 4.31 Å². The summed E-state index contributed by atoms with van der Waals surface area (Å²) >= 11 is 13.0. The monoisotopic (exact) mass is 258 g/mol. The molecule has 1 aromatic heterocycles. The van der Waals surface area contributed by atoms with Gasteiger partial charge in [-0.3, -0.25) is 0 Å². The molecule has 1 aromatic carbocycles. The van der Waals surface area contributed by atoms with Crippen LogP contribution in [0.15, 0.2) is 17.0 Å². The SMILES string of the molecule is S=c1[nH]c2ccc3c(c2s1)SCN3S. The number of rotatable bonds is 0. The van der Waals surface area contributed by atoms with Gasteiger partial charge in [-0.15, -0.1) is 11.3 Å². The standard InChI is InChI=1S/C8H6N2S4/c11-8-9-4-1-2-5-7(6(4)14-8)13-3-10(5)12/h1-2,12H,3H2,(H,9,11). The van der Waals surface area contributed by atoms with Gasteiger partial charge >= 0.3 is 0 Å². The third kappa shape index (κ3) is 1.21. The number of thioether (sulfide) groups is 1. The fourth-order valence-corrected chi connectivity index (χ4v) is 4.32. The Kier molecular flexibility index (Phi) is 2.05. The molecule has 0 atom stereocenters. The Morgan fingerprint density at radius 1 is 1.50 bits per heavy atom. The highest BCUT2D eigenvalue weighted by Crippen LogP contribution is 2.45. The minimum absolute atomic E-state index is 0.839. The van der Waals surface area contributed by atoms with Crippen LogP contribution in [0.3, 0.4) is 0 Å². The van der Waals surface area contributed by atoms with E-state index < -0.39 is 0 Å². The lowest BCUT2D eigenvalue weighted by atomic mass is 10.3. The van der Waals surface area contributed by atoms with E-state index in [0.717, 1.165) is 15.3 Å². The van der Waals surface area contributed by atoms with Gasteiger partial charge in [-0.25, -0.2) is 0 Å². The summed E-state index contributed by atoms with van der Waals surface area (Å²) in [5, 5.41) is 0. The van der Waals surface area contributed by atoms with Crippen LogP contribution in [0.25, 0.3) is 10.2 Å². The van der Waals surface area contributed by atoms with Crippen LogP contribution in [-0.2, 0) is 0 Å². The largest absolute Gasteiger partial charge is 0.337 e. The Morgan fingerprint density at radius 3 is 3.21 bits per heavy atom. The second kappa shape index (κ2) is 3.16. The third-order valence-corrected chi connectivity index (χ3v) is 5.17. The smallest absolute Gasteiger partial charge is 0.159 e. The first-order chi connectivity index (χ1) is 6.75. The predicted octanol–water partition coefficient (Wildman–Crippen LogP) is 3.67. The van der Waals surface area contributed by atoms with Crippen molar-refractivity contribution in [1.29, 1.82) is 0 Å². The fourth-order valence-electron chi connectivity index (χ4n) is 1.52. The van der Waals surface area contributed by atoms with Gasteiger partial charge in [0.25, 0.3) is 0 Å². The Bertz CT molecular complexity index is 556. The lowest BCUT2D eigenvalue weighted by Gasteiger charge is -2.07. The number of aromatic nitrogens is 1. The van der Waals surface area contributed by atoms with Crippen molar-refractivity contribution in [3.8, 4) is 0 Å². The van der Waals surface area contributed by atoms with Crippen LogP contribution in [0.2, 0.25) is 0 Å². The molecule has 0 saturated heterocycles. The molecular weight excluding hydrogens is 252 g/mol. The summed E-state index contributed by atoms with van der Waals surface area (Å²) in [5.74, 6) is 0.905. The number of nitrogens with zero attached hydrogens (tertiary/aromatic N) is 1. The van der Waals surface area contributed by atoms with Gasteiger partial charge in [0.05, 0.1) is 26.7 Å². The summed E-state index contributed by atoms with van der Waals surface area (Å²) in [6.45, 7) is 0. The molecular formula is C8H6N2S4. The van der Waals surface area contributed by atoms with Gasteiger partial charge in [-0.2, -0.15) is 0 Å². The van der Waals surface area contributed by atoms with Crippen molar-refractivity contribution in [2.24, 2.45) is 0 Å². The first-order valence-electron chi connectivity index (χ1n) is 4.01. The van der Waals surface area contributed by atoms with E-state index in [0.29, 0.717) is 0 Å². The van der Waals surface area contributed by atoms with E-state index in [1.165, 1.54) is 15.3 Å². The Balaban J connectivity index is 2.43. The summed E-state index contributed by atoms with van der Waals surface area (Å²) in [4.78, 5) is 4.48. The first kappa shape index (κ1) is 9.08. The van der Waals surface area contributed by atoms with E-state index in [4.69, 9.17) is 12.2 Å². The highest BCUT2D eigenvalue weighted by atomic mass is 32.2. The third-order valence-electron chi connectivity index (χ3n) is 2.13. The lowest BCUT2D eigenvalue weighted by molar-refractivity contribution is 1.33. The van der Waals surface area contributed by atoms with Gasteiger partial charge in [-0.1, -0.05) is 24.6 Å². The minimum atomic E-state index is 0.839. The molecule has 0 saturated carbocycles. The van der Waals surface area contributed by atoms with Gasteiger partial charge in [0.1, 0.15) is 0 Å². The molecule has 14 heavy (non-hydrogen) atoms. The Hall–Kier alpha value is -0.170. The molecule has 1 aliphatic rings. The van der Waals surface area contributed by atoms with Crippen LogP contribution >= 0.6 is 48.1 Å². The first-order valence-corrected chi connectivity index (χ1v) is 6.62. The van der Waals surface area contributed by atoms with E-state index in [1.807, 2.05) is 16.1 Å². The summed E-state index contributed by atoms with van der Waals surface area (Å²) in [6.07, 6.45) is 0. The predicted molar refractivity (Wildman–Crippen MR) is 69.2 cm³/mol. The van der Waals surface area contributed by atoms with E-state index in [1.54, 1.807) is 11.3 Å². The van der Waals surface area contributed by atoms with Crippen LogP contribution in [0.4, 0.5) is 5.69 Å². The molecule has 0 unspecified atom stereocenters. The van der Waals surface area contributed by atoms with Crippen LogP contribution in [0, 0.1) is 3.95 Å². The fraction of sp³-hybridized carbons (Fsp3) is 0.125. The van der Waals surface area contributed by atoms with Crippen molar-refractivity contribution in [2.75, 3.05) is 10.2 Å². The maximum absolute atomic E-state index is 5.13. The zero-order valence-corrected chi connectivity index (χ0v) is 10.3. The number of thiazole rings is 1. The second-order valence-corrected chi connectivity index (χ2v) is 6.10. The number of anilines is 1. The molecule has 1 N–H and O–H groups in total. The van der Waals surface area contributed by atoms with Gasteiger partial charge < -0.3 is 9.29 Å². The zero-order valence-electron chi connectivity index (χ0n) is 6.98. The maximum atomic E-state index is 5.13. The van der Waals surface area contributed by atoms with Crippen molar-refractivity contribution in [3.05, 3.63) is 16.1 Å². The summed E-state index contributed by atoms with van der Waals surface area (Å²) < 4.78 is 4.06. The molecule has 1 aliphatic heterocycles. The molecule has 2 nitrogen and oxygen atoms in total. The van der Waals surface area contributed by atoms with Crippen LogP contribution in [0.5, 0.6) is 0 Å². The topological polar surface area (TPSA) is 19.0 Å². The van der Waals surface area contributed by atoms with E-state index in [-0.39, 0.29) is 0 Å². The molecule has 2 heterocycles. The van der Waals surface area contributed by atoms with Gasteiger partial charge in [0.15, 0.2) is 3.95 Å². The number of H-pyrrole nitrogens is 1. The number of nitrogens with one attached hydrogen (secondary N) is 1. The lowest BCUT2D eigenvalue weighted by Crippen LogP contribution is -2.01. The Labute approximate surface area is 99.9 Å². The summed E-state index contributed by atoms with van der Waals surface area (Å²) in [6, 6.07) is 4.15. The highest BCUT2D eigenvalue weighted by Gasteiger charge is 2.20. The van der Waals surface area contributed by atoms with Crippen molar-refractivity contribution >= 4 is 64.0 Å². The number of hydrogen-bond donors (Lipinski definition) is 2.